The molecule has 98 valence electrons. The minimum Gasteiger partial charge on any atom is -0.480 e. The van der Waals surface area contributed by atoms with Gasteiger partial charge in [0.1, 0.15) is 6.04 Å². The Morgan fingerprint density at radius 3 is 2.47 bits per heavy atom. The van der Waals surface area contributed by atoms with Crippen molar-refractivity contribution >= 4 is 11.9 Å². The van der Waals surface area contributed by atoms with Crippen molar-refractivity contribution < 1.29 is 19.4 Å². The summed E-state index contributed by atoms with van der Waals surface area (Å²) in [6.45, 7) is 7.61. The van der Waals surface area contributed by atoms with Crippen molar-refractivity contribution in [1.82, 2.24) is 5.32 Å². The van der Waals surface area contributed by atoms with Crippen LogP contribution in [0, 0.1) is 5.92 Å². The maximum atomic E-state index is 11.7. The third kappa shape index (κ3) is 6.73. The van der Waals surface area contributed by atoms with E-state index in [9.17, 15) is 9.59 Å². The van der Waals surface area contributed by atoms with Crippen LogP contribution in [-0.4, -0.2) is 36.7 Å². The Hall–Kier alpha value is -1.36. The monoisotopic (exact) mass is 243 g/mol. The molecule has 2 N–H and O–H groups in total. The third-order valence-corrected chi connectivity index (χ3v) is 2.33. The van der Waals surface area contributed by atoms with Crippen LogP contribution in [0.4, 0.5) is 0 Å². The number of carbonyl (C=O) groups is 2. The van der Waals surface area contributed by atoms with Gasteiger partial charge in [-0.25, -0.2) is 4.79 Å². The average molecular weight is 243 g/mol. The van der Waals surface area contributed by atoms with Crippen molar-refractivity contribution in [2.24, 2.45) is 5.92 Å². The zero-order valence-corrected chi connectivity index (χ0v) is 10.7. The number of methoxy groups -OCH3 is 1. The van der Waals surface area contributed by atoms with Crippen LogP contribution in [0.1, 0.15) is 26.7 Å². The molecule has 0 radical (unpaired) electrons. The van der Waals surface area contributed by atoms with Crippen LogP contribution in [0.25, 0.3) is 0 Å². The number of hydrogen-bond acceptors (Lipinski definition) is 3. The fourth-order valence-electron chi connectivity index (χ4n) is 1.42. The number of carboxylic acids is 1. The number of carbonyl (C=O) groups excluding carboxylic acids is 1. The molecular formula is C12H21NO4. The molecule has 0 heterocycles. The first-order valence-electron chi connectivity index (χ1n) is 5.55. The number of hydrogen-bond donors (Lipinski definition) is 2. The van der Waals surface area contributed by atoms with E-state index < -0.39 is 12.0 Å². The predicted molar refractivity (Wildman–Crippen MR) is 64.7 cm³/mol. The molecule has 5 nitrogen and oxygen atoms in total. The van der Waals surface area contributed by atoms with E-state index in [2.05, 4.69) is 11.9 Å². The van der Waals surface area contributed by atoms with E-state index in [1.54, 1.807) is 6.92 Å². The zero-order valence-electron chi connectivity index (χ0n) is 10.7. The van der Waals surface area contributed by atoms with Gasteiger partial charge in [0.05, 0.1) is 0 Å². The third-order valence-electron chi connectivity index (χ3n) is 2.33. The average Bonchev–Trinajstić information content (AvgIpc) is 2.22. The Morgan fingerprint density at radius 2 is 2.06 bits per heavy atom. The first-order chi connectivity index (χ1) is 7.88. The summed E-state index contributed by atoms with van der Waals surface area (Å²) >= 11 is 0. The lowest BCUT2D eigenvalue weighted by Crippen LogP contribution is -2.43. The van der Waals surface area contributed by atoms with E-state index in [1.165, 1.54) is 7.11 Å². The molecular weight excluding hydrogens is 222 g/mol. The van der Waals surface area contributed by atoms with Crippen molar-refractivity contribution in [3.63, 3.8) is 0 Å². The number of carboxylic acid groups (broad SMARTS) is 1. The summed E-state index contributed by atoms with van der Waals surface area (Å²) in [6.07, 6.45) is 0.819. The van der Waals surface area contributed by atoms with Gasteiger partial charge in [-0.15, -0.1) is 6.58 Å². The van der Waals surface area contributed by atoms with Gasteiger partial charge in [0.25, 0.3) is 0 Å². The summed E-state index contributed by atoms with van der Waals surface area (Å²) < 4.78 is 4.80. The molecule has 2 atom stereocenters. The SMILES string of the molecule is C=C(C)CC(C)C(=O)NC(CCOC)C(=O)O. The Balaban J connectivity index is 4.29. The van der Waals surface area contributed by atoms with Crippen molar-refractivity contribution in [2.75, 3.05) is 13.7 Å². The molecule has 0 saturated heterocycles. The van der Waals surface area contributed by atoms with Crippen LogP contribution in [0.2, 0.25) is 0 Å². The van der Waals surface area contributed by atoms with Gasteiger partial charge < -0.3 is 15.2 Å². The molecule has 0 spiro atoms. The van der Waals surface area contributed by atoms with Gasteiger partial charge in [-0.2, -0.15) is 0 Å². The molecule has 0 aromatic heterocycles. The highest BCUT2D eigenvalue weighted by Gasteiger charge is 2.22. The number of rotatable bonds is 8. The number of aliphatic carboxylic acids is 1. The second-order valence-electron chi connectivity index (χ2n) is 4.24. The van der Waals surface area contributed by atoms with Gasteiger partial charge in [0, 0.05) is 26.1 Å². The highest BCUT2D eigenvalue weighted by atomic mass is 16.5. The van der Waals surface area contributed by atoms with E-state index in [1.807, 2.05) is 6.92 Å². The minimum absolute atomic E-state index is 0.261. The van der Waals surface area contributed by atoms with Gasteiger partial charge in [-0.3, -0.25) is 4.79 Å². The van der Waals surface area contributed by atoms with Gasteiger partial charge in [-0.05, 0) is 13.3 Å². The number of amides is 1. The number of allylic oxidation sites excluding steroid dienone is 1. The molecule has 0 aliphatic rings. The molecule has 17 heavy (non-hydrogen) atoms. The predicted octanol–water partition coefficient (Wildman–Crippen LogP) is 1.19. The normalized spacial score (nSPS) is 13.8. The van der Waals surface area contributed by atoms with Crippen LogP contribution < -0.4 is 5.32 Å². The Morgan fingerprint density at radius 1 is 1.47 bits per heavy atom. The lowest BCUT2D eigenvalue weighted by atomic mass is 10.0. The quantitative estimate of drug-likeness (QED) is 0.628. The largest absolute Gasteiger partial charge is 0.480 e. The molecule has 0 rings (SSSR count). The van der Waals surface area contributed by atoms with Crippen molar-refractivity contribution in [3.05, 3.63) is 12.2 Å². The number of ether oxygens (including phenoxy) is 1. The van der Waals surface area contributed by atoms with Crippen LogP contribution >= 0.6 is 0 Å². The Bertz CT molecular complexity index is 288. The van der Waals surface area contributed by atoms with E-state index >= 15 is 0 Å². The summed E-state index contributed by atoms with van der Waals surface area (Å²) in [5, 5.41) is 11.4. The molecule has 0 aromatic rings. The first kappa shape index (κ1) is 15.6. The van der Waals surface area contributed by atoms with Crippen molar-refractivity contribution in [1.29, 1.82) is 0 Å². The summed E-state index contributed by atoms with van der Waals surface area (Å²) in [5.74, 6) is -1.58. The molecule has 0 fully saturated rings. The number of nitrogens with one attached hydrogen (secondary N) is 1. The summed E-state index contributed by atoms with van der Waals surface area (Å²) in [7, 11) is 1.49. The summed E-state index contributed by atoms with van der Waals surface area (Å²) in [5.41, 5.74) is 0.899. The zero-order chi connectivity index (χ0) is 13.4. The van der Waals surface area contributed by atoms with Crippen molar-refractivity contribution in [2.45, 2.75) is 32.7 Å². The topological polar surface area (TPSA) is 75.6 Å². The highest BCUT2D eigenvalue weighted by molar-refractivity contribution is 5.84. The molecule has 0 bridgehead atoms. The maximum Gasteiger partial charge on any atom is 0.326 e. The van der Waals surface area contributed by atoms with Gasteiger partial charge in [0.2, 0.25) is 5.91 Å². The molecule has 0 aliphatic carbocycles. The van der Waals surface area contributed by atoms with Crippen LogP contribution in [0.15, 0.2) is 12.2 Å². The molecule has 2 unspecified atom stereocenters. The smallest absolute Gasteiger partial charge is 0.326 e. The fraction of sp³-hybridized carbons (Fsp3) is 0.667. The van der Waals surface area contributed by atoms with Crippen LogP contribution in [0.5, 0.6) is 0 Å². The lowest BCUT2D eigenvalue weighted by Gasteiger charge is -2.17. The molecule has 5 heteroatoms. The van der Waals surface area contributed by atoms with Crippen LogP contribution in [-0.2, 0) is 14.3 Å². The lowest BCUT2D eigenvalue weighted by molar-refractivity contribution is -0.142. The van der Waals surface area contributed by atoms with E-state index in [-0.39, 0.29) is 18.2 Å². The van der Waals surface area contributed by atoms with E-state index in [0.29, 0.717) is 13.0 Å². The standard InChI is InChI=1S/C12H21NO4/c1-8(2)7-9(3)11(14)13-10(12(15)16)5-6-17-4/h9-10H,1,5-7H2,2-4H3,(H,13,14)(H,15,16). The van der Waals surface area contributed by atoms with Crippen molar-refractivity contribution in [3.8, 4) is 0 Å². The highest BCUT2D eigenvalue weighted by Crippen LogP contribution is 2.09. The summed E-state index contributed by atoms with van der Waals surface area (Å²) in [6, 6.07) is -0.893. The van der Waals surface area contributed by atoms with Crippen LogP contribution in [0.3, 0.4) is 0 Å². The van der Waals surface area contributed by atoms with E-state index in [4.69, 9.17) is 9.84 Å². The molecule has 0 aliphatic heterocycles. The van der Waals surface area contributed by atoms with E-state index in [0.717, 1.165) is 5.57 Å². The summed E-state index contributed by atoms with van der Waals surface area (Å²) in [4.78, 5) is 22.6. The molecule has 0 aromatic carbocycles. The van der Waals surface area contributed by atoms with Gasteiger partial charge >= 0.3 is 5.97 Å². The molecule has 0 saturated carbocycles. The van der Waals surface area contributed by atoms with Gasteiger partial charge in [0.15, 0.2) is 0 Å². The Kier molecular flexibility index (Phi) is 7.21. The fourth-order valence-corrected chi connectivity index (χ4v) is 1.42. The minimum atomic E-state index is -1.04. The maximum absolute atomic E-state index is 11.7. The van der Waals surface area contributed by atoms with Gasteiger partial charge in [-0.1, -0.05) is 12.5 Å². The first-order valence-corrected chi connectivity index (χ1v) is 5.55. The second-order valence-corrected chi connectivity index (χ2v) is 4.24. The second kappa shape index (κ2) is 7.84. The Labute approximate surface area is 102 Å². The molecule has 1 amide bonds.